The van der Waals surface area contributed by atoms with Gasteiger partial charge in [-0.3, -0.25) is 9.59 Å². The van der Waals surface area contributed by atoms with Crippen molar-refractivity contribution in [3.05, 3.63) is 65.2 Å². The fourth-order valence-corrected chi connectivity index (χ4v) is 3.58. The van der Waals surface area contributed by atoms with Gasteiger partial charge in [0.05, 0.1) is 6.42 Å². The summed E-state index contributed by atoms with van der Waals surface area (Å²) in [6.07, 6.45) is 4.46. The molecule has 2 aromatic rings. The molecule has 2 amide bonds. The minimum absolute atomic E-state index is 0.0548. The van der Waals surface area contributed by atoms with E-state index in [1.165, 1.54) is 17.5 Å². The summed E-state index contributed by atoms with van der Waals surface area (Å²) < 4.78 is 0. The standard InChI is InChI=1S/C23H28N2O2/c1-3-16(2)22(25-21(26)14-17-8-5-4-6-9-17)23(27)24-20-13-12-18-10-7-11-19(18)15-20/h4-6,8-9,12-13,15-16,22H,3,7,10-11,14H2,1-2H3,(H,24,27)(H,25,26). The summed E-state index contributed by atoms with van der Waals surface area (Å²) in [5.41, 5.74) is 4.45. The molecule has 3 rings (SSSR count). The molecule has 1 aliphatic carbocycles. The summed E-state index contributed by atoms with van der Waals surface area (Å²) in [5, 5.41) is 5.94. The molecule has 0 fully saturated rings. The maximum Gasteiger partial charge on any atom is 0.247 e. The Bertz CT molecular complexity index is 801. The van der Waals surface area contributed by atoms with Crippen molar-refractivity contribution in [3.63, 3.8) is 0 Å². The molecule has 2 atom stereocenters. The van der Waals surface area contributed by atoms with Crippen molar-refractivity contribution in [1.82, 2.24) is 5.32 Å². The van der Waals surface area contributed by atoms with Gasteiger partial charge in [-0.05, 0) is 54.0 Å². The van der Waals surface area contributed by atoms with Crippen molar-refractivity contribution in [1.29, 1.82) is 0 Å². The SMILES string of the molecule is CCC(C)C(NC(=O)Cc1ccccc1)C(=O)Nc1ccc2c(c1)CCC2. The topological polar surface area (TPSA) is 58.2 Å². The number of carbonyl (C=O) groups excluding carboxylic acids is 2. The van der Waals surface area contributed by atoms with Crippen molar-refractivity contribution >= 4 is 17.5 Å². The van der Waals surface area contributed by atoms with Gasteiger partial charge in [0.25, 0.3) is 0 Å². The Morgan fingerprint density at radius 3 is 2.52 bits per heavy atom. The third kappa shape index (κ3) is 4.97. The van der Waals surface area contributed by atoms with Crippen molar-refractivity contribution in [2.45, 2.75) is 52.0 Å². The minimum Gasteiger partial charge on any atom is -0.344 e. The summed E-state index contributed by atoms with van der Waals surface area (Å²) in [4.78, 5) is 25.3. The molecule has 2 unspecified atom stereocenters. The molecule has 4 heteroatoms. The van der Waals surface area contributed by atoms with Crippen LogP contribution < -0.4 is 10.6 Å². The quantitative estimate of drug-likeness (QED) is 0.783. The van der Waals surface area contributed by atoms with E-state index in [4.69, 9.17) is 0 Å². The van der Waals surface area contributed by atoms with Crippen LogP contribution in [0.5, 0.6) is 0 Å². The van der Waals surface area contributed by atoms with Gasteiger partial charge >= 0.3 is 0 Å². The maximum atomic E-state index is 12.9. The van der Waals surface area contributed by atoms with E-state index in [9.17, 15) is 9.59 Å². The van der Waals surface area contributed by atoms with Crippen LogP contribution in [-0.4, -0.2) is 17.9 Å². The molecule has 1 aliphatic rings. The summed E-state index contributed by atoms with van der Waals surface area (Å²) in [7, 11) is 0. The van der Waals surface area contributed by atoms with Gasteiger partial charge in [0.1, 0.15) is 6.04 Å². The summed E-state index contributed by atoms with van der Waals surface area (Å²) in [6.45, 7) is 4.03. The average molecular weight is 364 g/mol. The van der Waals surface area contributed by atoms with E-state index in [-0.39, 0.29) is 24.2 Å². The van der Waals surface area contributed by atoms with Crippen molar-refractivity contribution in [2.75, 3.05) is 5.32 Å². The molecule has 0 radical (unpaired) electrons. The molecule has 0 bridgehead atoms. The van der Waals surface area contributed by atoms with Crippen LogP contribution >= 0.6 is 0 Å². The van der Waals surface area contributed by atoms with Crippen LogP contribution in [0, 0.1) is 5.92 Å². The van der Waals surface area contributed by atoms with E-state index in [2.05, 4.69) is 22.8 Å². The first kappa shape index (κ1) is 19.2. The summed E-state index contributed by atoms with van der Waals surface area (Å²) in [5.74, 6) is -0.224. The predicted molar refractivity (Wildman–Crippen MR) is 109 cm³/mol. The highest BCUT2D eigenvalue weighted by Gasteiger charge is 2.26. The minimum atomic E-state index is -0.542. The van der Waals surface area contributed by atoms with Crippen LogP contribution in [0.15, 0.2) is 48.5 Å². The van der Waals surface area contributed by atoms with E-state index >= 15 is 0 Å². The number of anilines is 1. The molecular weight excluding hydrogens is 336 g/mol. The van der Waals surface area contributed by atoms with Crippen LogP contribution in [-0.2, 0) is 28.9 Å². The Labute approximate surface area is 161 Å². The molecule has 142 valence electrons. The highest BCUT2D eigenvalue weighted by molar-refractivity contribution is 5.97. The van der Waals surface area contributed by atoms with E-state index in [0.29, 0.717) is 0 Å². The van der Waals surface area contributed by atoms with E-state index in [1.54, 1.807) is 0 Å². The van der Waals surface area contributed by atoms with E-state index in [1.807, 2.05) is 50.2 Å². The van der Waals surface area contributed by atoms with Crippen molar-refractivity contribution in [2.24, 2.45) is 5.92 Å². The van der Waals surface area contributed by atoms with Crippen LogP contribution in [0.2, 0.25) is 0 Å². The van der Waals surface area contributed by atoms with Gasteiger partial charge in [0, 0.05) is 5.69 Å². The molecule has 0 saturated heterocycles. The zero-order chi connectivity index (χ0) is 19.2. The first-order chi connectivity index (χ1) is 13.1. The Kier molecular flexibility index (Phi) is 6.28. The number of amides is 2. The molecule has 2 N–H and O–H groups in total. The second kappa shape index (κ2) is 8.85. The number of hydrogen-bond donors (Lipinski definition) is 2. The average Bonchev–Trinajstić information content (AvgIpc) is 3.14. The number of hydrogen-bond acceptors (Lipinski definition) is 2. The van der Waals surface area contributed by atoms with Gasteiger partial charge in [0.2, 0.25) is 11.8 Å². The smallest absolute Gasteiger partial charge is 0.247 e. The fraction of sp³-hybridized carbons (Fsp3) is 0.391. The monoisotopic (exact) mass is 364 g/mol. The third-order valence-electron chi connectivity index (χ3n) is 5.39. The number of rotatable bonds is 7. The Morgan fingerprint density at radius 2 is 1.78 bits per heavy atom. The molecule has 27 heavy (non-hydrogen) atoms. The number of benzene rings is 2. The predicted octanol–water partition coefficient (Wildman–Crippen LogP) is 3.89. The Hall–Kier alpha value is -2.62. The van der Waals surface area contributed by atoms with Gasteiger partial charge < -0.3 is 10.6 Å². The number of fused-ring (bicyclic) bond motifs is 1. The first-order valence-electron chi connectivity index (χ1n) is 9.82. The van der Waals surface area contributed by atoms with E-state index in [0.717, 1.165) is 30.5 Å². The molecule has 0 aliphatic heterocycles. The van der Waals surface area contributed by atoms with Gasteiger partial charge in [0.15, 0.2) is 0 Å². The van der Waals surface area contributed by atoms with Crippen LogP contribution in [0.25, 0.3) is 0 Å². The second-order valence-electron chi connectivity index (χ2n) is 7.42. The fourth-order valence-electron chi connectivity index (χ4n) is 3.58. The molecular formula is C23H28N2O2. The molecule has 0 heterocycles. The molecule has 2 aromatic carbocycles. The first-order valence-corrected chi connectivity index (χ1v) is 9.82. The highest BCUT2D eigenvalue weighted by Crippen LogP contribution is 2.25. The molecule has 4 nitrogen and oxygen atoms in total. The maximum absolute atomic E-state index is 12.9. The normalized spacial score (nSPS) is 14.9. The lowest BCUT2D eigenvalue weighted by molar-refractivity contribution is -0.127. The Balaban J connectivity index is 1.66. The highest BCUT2D eigenvalue weighted by atomic mass is 16.2. The number of carbonyl (C=O) groups is 2. The van der Waals surface area contributed by atoms with Crippen LogP contribution in [0.3, 0.4) is 0 Å². The van der Waals surface area contributed by atoms with Gasteiger partial charge in [-0.25, -0.2) is 0 Å². The lowest BCUT2D eigenvalue weighted by atomic mass is 9.97. The van der Waals surface area contributed by atoms with Crippen LogP contribution in [0.1, 0.15) is 43.4 Å². The lowest BCUT2D eigenvalue weighted by Crippen LogP contribution is -2.48. The molecule has 0 aromatic heterocycles. The zero-order valence-corrected chi connectivity index (χ0v) is 16.1. The molecule has 0 spiro atoms. The van der Waals surface area contributed by atoms with Gasteiger partial charge in [-0.1, -0.05) is 56.7 Å². The summed E-state index contributed by atoms with van der Waals surface area (Å²) in [6, 6.07) is 15.2. The van der Waals surface area contributed by atoms with Crippen molar-refractivity contribution < 1.29 is 9.59 Å². The summed E-state index contributed by atoms with van der Waals surface area (Å²) >= 11 is 0. The number of nitrogens with one attached hydrogen (secondary N) is 2. The zero-order valence-electron chi connectivity index (χ0n) is 16.1. The molecule has 0 saturated carbocycles. The largest absolute Gasteiger partial charge is 0.344 e. The Morgan fingerprint density at radius 1 is 1.04 bits per heavy atom. The lowest BCUT2D eigenvalue weighted by Gasteiger charge is -2.24. The second-order valence-corrected chi connectivity index (χ2v) is 7.42. The van der Waals surface area contributed by atoms with E-state index < -0.39 is 6.04 Å². The van der Waals surface area contributed by atoms with Crippen molar-refractivity contribution in [3.8, 4) is 0 Å². The van der Waals surface area contributed by atoms with Gasteiger partial charge in [-0.15, -0.1) is 0 Å². The van der Waals surface area contributed by atoms with Crippen LogP contribution in [0.4, 0.5) is 5.69 Å². The third-order valence-corrected chi connectivity index (χ3v) is 5.39. The number of aryl methyl sites for hydroxylation is 2. The van der Waals surface area contributed by atoms with Gasteiger partial charge in [-0.2, -0.15) is 0 Å².